The summed E-state index contributed by atoms with van der Waals surface area (Å²) < 4.78 is 0.850. The summed E-state index contributed by atoms with van der Waals surface area (Å²) >= 11 is 3.41. The average molecular weight is 295 g/mol. The van der Waals surface area contributed by atoms with Crippen LogP contribution in [0.5, 0.6) is 0 Å². The zero-order valence-corrected chi connectivity index (χ0v) is 11.2. The molecular weight excluding hydrogens is 280 g/mol. The van der Waals surface area contributed by atoms with Crippen LogP contribution < -0.4 is 4.90 Å². The van der Waals surface area contributed by atoms with Gasteiger partial charge >= 0.3 is 0 Å². The maximum atomic E-state index is 9.18. The van der Waals surface area contributed by atoms with E-state index in [0.717, 1.165) is 36.1 Å². The molecule has 1 unspecified atom stereocenters. The van der Waals surface area contributed by atoms with Crippen molar-refractivity contribution in [2.75, 3.05) is 24.6 Å². The summed E-state index contributed by atoms with van der Waals surface area (Å²) in [6.45, 7) is 2.16. The molecule has 0 aromatic heterocycles. The maximum Gasteiger partial charge on any atom is 0.103 e. The summed E-state index contributed by atoms with van der Waals surface area (Å²) in [5.41, 5.74) is 1.71. The molecule has 1 atom stereocenters. The first-order valence-corrected chi connectivity index (χ1v) is 6.60. The van der Waals surface area contributed by atoms with Crippen LogP contribution in [0.1, 0.15) is 18.4 Å². The number of nitrogens with zero attached hydrogens (tertiary/aromatic N) is 2. The van der Waals surface area contributed by atoms with Crippen LogP contribution in [0.4, 0.5) is 5.69 Å². The van der Waals surface area contributed by atoms with Crippen molar-refractivity contribution in [2.24, 2.45) is 5.92 Å². The monoisotopic (exact) mass is 294 g/mol. The fraction of sp³-hybridized carbons (Fsp3) is 0.462. The van der Waals surface area contributed by atoms with E-state index in [9.17, 15) is 5.26 Å². The van der Waals surface area contributed by atoms with Crippen LogP contribution >= 0.6 is 15.9 Å². The molecule has 0 bridgehead atoms. The van der Waals surface area contributed by atoms with Gasteiger partial charge in [0.25, 0.3) is 0 Å². The van der Waals surface area contributed by atoms with Crippen molar-refractivity contribution in [1.29, 1.82) is 5.26 Å². The van der Waals surface area contributed by atoms with Gasteiger partial charge in [0.1, 0.15) is 6.07 Å². The maximum absolute atomic E-state index is 9.18. The van der Waals surface area contributed by atoms with Crippen LogP contribution in [0.15, 0.2) is 22.7 Å². The van der Waals surface area contributed by atoms with E-state index in [1.807, 2.05) is 18.2 Å². The van der Waals surface area contributed by atoms with E-state index >= 15 is 0 Å². The van der Waals surface area contributed by atoms with Crippen molar-refractivity contribution in [3.05, 3.63) is 28.2 Å². The normalized spacial score (nSPS) is 19.4. The number of aliphatic hydroxyl groups is 1. The summed E-state index contributed by atoms with van der Waals surface area (Å²) in [6.07, 6.45) is 1.95. The van der Waals surface area contributed by atoms with E-state index in [0.29, 0.717) is 11.5 Å². The molecule has 0 radical (unpaired) electrons. The Bertz CT molecular complexity index is 442. The highest BCUT2D eigenvalue weighted by Crippen LogP contribution is 2.31. The number of benzene rings is 1. The molecule has 1 N–H and O–H groups in total. The minimum atomic E-state index is 0.252. The van der Waals surface area contributed by atoms with Gasteiger partial charge in [-0.3, -0.25) is 0 Å². The minimum absolute atomic E-state index is 0.252. The standard InChI is InChI=1S/C13H15BrN2O/c14-12-2-1-3-13(11(12)8-15)16-6-4-10(9-16)5-7-17/h1-3,10,17H,4-7,9H2. The van der Waals surface area contributed by atoms with Crippen molar-refractivity contribution in [3.63, 3.8) is 0 Å². The second-order valence-electron chi connectivity index (χ2n) is 4.36. The number of nitriles is 1. The van der Waals surface area contributed by atoms with Crippen molar-refractivity contribution in [2.45, 2.75) is 12.8 Å². The molecule has 0 spiro atoms. The highest BCUT2D eigenvalue weighted by Gasteiger charge is 2.24. The zero-order chi connectivity index (χ0) is 12.3. The van der Waals surface area contributed by atoms with Gasteiger partial charge in [0.05, 0.1) is 11.3 Å². The highest BCUT2D eigenvalue weighted by atomic mass is 79.9. The molecule has 17 heavy (non-hydrogen) atoms. The molecule has 0 amide bonds. The molecule has 3 nitrogen and oxygen atoms in total. The topological polar surface area (TPSA) is 47.3 Å². The summed E-state index contributed by atoms with van der Waals surface area (Å²) in [5, 5.41) is 18.1. The molecule has 1 aromatic rings. The number of hydrogen-bond donors (Lipinski definition) is 1. The SMILES string of the molecule is N#Cc1c(Br)cccc1N1CCC(CCO)C1. The van der Waals surface area contributed by atoms with Crippen LogP contribution in [0.3, 0.4) is 0 Å². The van der Waals surface area contributed by atoms with E-state index in [2.05, 4.69) is 26.9 Å². The van der Waals surface area contributed by atoms with Gasteiger partial charge in [-0.05, 0) is 46.8 Å². The van der Waals surface area contributed by atoms with Gasteiger partial charge < -0.3 is 10.0 Å². The molecule has 90 valence electrons. The first-order valence-electron chi connectivity index (χ1n) is 5.80. The van der Waals surface area contributed by atoms with Crippen LogP contribution in [-0.4, -0.2) is 24.8 Å². The molecule has 1 fully saturated rings. The highest BCUT2D eigenvalue weighted by molar-refractivity contribution is 9.10. The smallest absolute Gasteiger partial charge is 0.103 e. The Kier molecular flexibility index (Phi) is 4.03. The van der Waals surface area contributed by atoms with Gasteiger partial charge in [-0.25, -0.2) is 0 Å². The molecule has 1 saturated heterocycles. The van der Waals surface area contributed by atoms with Crippen LogP contribution in [0.2, 0.25) is 0 Å². The Morgan fingerprint density at radius 3 is 3.06 bits per heavy atom. The molecule has 1 aliphatic heterocycles. The summed E-state index contributed by atoms with van der Waals surface area (Å²) in [4.78, 5) is 2.24. The molecule has 0 saturated carbocycles. The molecule has 1 aliphatic rings. The van der Waals surface area contributed by atoms with Gasteiger partial charge in [-0.15, -0.1) is 0 Å². The third-order valence-corrected chi connectivity index (χ3v) is 3.93. The van der Waals surface area contributed by atoms with Crippen molar-refractivity contribution < 1.29 is 5.11 Å². The van der Waals surface area contributed by atoms with Crippen LogP contribution in [-0.2, 0) is 0 Å². The number of rotatable bonds is 3. The molecular formula is C13H15BrN2O. The fourth-order valence-corrected chi connectivity index (χ4v) is 2.80. The van der Waals surface area contributed by atoms with E-state index in [4.69, 9.17) is 5.11 Å². The van der Waals surface area contributed by atoms with E-state index in [1.54, 1.807) is 0 Å². The summed E-state index contributed by atoms with van der Waals surface area (Å²) in [6, 6.07) is 8.09. The van der Waals surface area contributed by atoms with E-state index in [1.165, 1.54) is 0 Å². The Morgan fingerprint density at radius 1 is 1.53 bits per heavy atom. The summed E-state index contributed by atoms with van der Waals surface area (Å²) in [7, 11) is 0. The Balaban J connectivity index is 2.19. The lowest BCUT2D eigenvalue weighted by atomic mass is 10.1. The lowest BCUT2D eigenvalue weighted by Crippen LogP contribution is -2.21. The summed E-state index contributed by atoms with van der Waals surface area (Å²) in [5.74, 6) is 0.547. The Labute approximate surface area is 110 Å². The average Bonchev–Trinajstić information content (AvgIpc) is 2.78. The quantitative estimate of drug-likeness (QED) is 0.932. The lowest BCUT2D eigenvalue weighted by molar-refractivity contribution is 0.263. The van der Waals surface area contributed by atoms with Crippen LogP contribution in [0, 0.1) is 17.2 Å². The number of hydrogen-bond acceptors (Lipinski definition) is 3. The van der Waals surface area contributed by atoms with Crippen molar-refractivity contribution in [1.82, 2.24) is 0 Å². The molecule has 1 heterocycles. The van der Waals surface area contributed by atoms with E-state index in [-0.39, 0.29) is 6.61 Å². The molecule has 1 aromatic carbocycles. The van der Waals surface area contributed by atoms with Gasteiger partial charge in [0, 0.05) is 24.2 Å². The third-order valence-electron chi connectivity index (χ3n) is 3.27. The largest absolute Gasteiger partial charge is 0.396 e. The van der Waals surface area contributed by atoms with E-state index < -0.39 is 0 Å². The van der Waals surface area contributed by atoms with Gasteiger partial charge in [-0.2, -0.15) is 5.26 Å². The third kappa shape index (κ3) is 2.62. The lowest BCUT2D eigenvalue weighted by Gasteiger charge is -2.20. The predicted octanol–water partition coefficient (Wildman–Crippen LogP) is 2.53. The Morgan fingerprint density at radius 2 is 2.35 bits per heavy atom. The van der Waals surface area contributed by atoms with Gasteiger partial charge in [0.2, 0.25) is 0 Å². The second kappa shape index (κ2) is 5.52. The first kappa shape index (κ1) is 12.4. The van der Waals surface area contributed by atoms with Crippen LogP contribution in [0.25, 0.3) is 0 Å². The number of anilines is 1. The fourth-order valence-electron chi connectivity index (χ4n) is 2.36. The minimum Gasteiger partial charge on any atom is -0.396 e. The number of aliphatic hydroxyl groups excluding tert-OH is 1. The second-order valence-corrected chi connectivity index (χ2v) is 5.21. The van der Waals surface area contributed by atoms with Gasteiger partial charge in [-0.1, -0.05) is 6.07 Å². The zero-order valence-electron chi connectivity index (χ0n) is 9.56. The van der Waals surface area contributed by atoms with Gasteiger partial charge in [0.15, 0.2) is 0 Å². The first-order chi connectivity index (χ1) is 8.26. The van der Waals surface area contributed by atoms with Crippen molar-refractivity contribution in [3.8, 4) is 6.07 Å². The number of halogens is 1. The molecule has 2 rings (SSSR count). The predicted molar refractivity (Wildman–Crippen MR) is 70.9 cm³/mol. The molecule has 4 heteroatoms. The Hall–Kier alpha value is -1.05. The van der Waals surface area contributed by atoms with Crippen molar-refractivity contribution >= 4 is 21.6 Å². The molecule has 0 aliphatic carbocycles.